The van der Waals surface area contributed by atoms with Crippen molar-refractivity contribution in [1.82, 2.24) is 9.80 Å². The summed E-state index contributed by atoms with van der Waals surface area (Å²) < 4.78 is 0. The quantitative estimate of drug-likeness (QED) is 0.687. The molecule has 2 aliphatic rings. The second kappa shape index (κ2) is 3.87. The lowest BCUT2D eigenvalue weighted by Crippen LogP contribution is -2.54. The average Bonchev–Trinajstić information content (AvgIpc) is 2.81. The van der Waals surface area contributed by atoms with Crippen LogP contribution in [0.4, 0.5) is 0 Å². The van der Waals surface area contributed by atoms with Gasteiger partial charge in [-0.05, 0) is 26.3 Å². The van der Waals surface area contributed by atoms with E-state index in [9.17, 15) is 4.79 Å². The van der Waals surface area contributed by atoms with Crippen molar-refractivity contribution in [3.8, 4) is 0 Å². The summed E-state index contributed by atoms with van der Waals surface area (Å²) in [5.74, 6) is -0.732. The molecule has 1 saturated heterocycles. The molecule has 1 heterocycles. The van der Waals surface area contributed by atoms with Gasteiger partial charge in [0.1, 0.15) is 0 Å². The van der Waals surface area contributed by atoms with Crippen LogP contribution < -0.4 is 0 Å². The van der Waals surface area contributed by atoms with Crippen molar-refractivity contribution in [2.24, 2.45) is 0 Å². The van der Waals surface area contributed by atoms with Gasteiger partial charge in [0, 0.05) is 25.2 Å². The first-order valence-electron chi connectivity index (χ1n) is 5.33. The maximum Gasteiger partial charge on any atom is 0.317 e. The SMILES string of the molecule is CN(CC(=O)O)CC1CCN1C1CC1. The van der Waals surface area contributed by atoms with Crippen LogP contribution in [-0.2, 0) is 4.79 Å². The molecule has 80 valence electrons. The molecule has 2 fully saturated rings. The summed E-state index contributed by atoms with van der Waals surface area (Å²) in [5, 5.41) is 8.62. The van der Waals surface area contributed by atoms with Crippen molar-refractivity contribution >= 4 is 5.97 Å². The molecule has 4 heteroatoms. The van der Waals surface area contributed by atoms with Gasteiger partial charge in [0.05, 0.1) is 6.54 Å². The van der Waals surface area contributed by atoms with Crippen LogP contribution in [0.5, 0.6) is 0 Å². The van der Waals surface area contributed by atoms with Gasteiger partial charge >= 0.3 is 5.97 Å². The minimum absolute atomic E-state index is 0.162. The van der Waals surface area contributed by atoms with Gasteiger partial charge in [-0.25, -0.2) is 0 Å². The summed E-state index contributed by atoms with van der Waals surface area (Å²) in [5.41, 5.74) is 0. The predicted molar refractivity (Wildman–Crippen MR) is 53.3 cm³/mol. The summed E-state index contributed by atoms with van der Waals surface area (Å²) in [6.07, 6.45) is 3.93. The highest BCUT2D eigenvalue weighted by Gasteiger charge is 2.39. The van der Waals surface area contributed by atoms with Gasteiger partial charge < -0.3 is 5.11 Å². The van der Waals surface area contributed by atoms with Gasteiger partial charge in [-0.15, -0.1) is 0 Å². The third-order valence-corrected chi connectivity index (χ3v) is 3.13. The van der Waals surface area contributed by atoms with E-state index >= 15 is 0 Å². The van der Waals surface area contributed by atoms with Crippen molar-refractivity contribution in [2.75, 3.05) is 26.7 Å². The Balaban J connectivity index is 1.71. The number of likely N-dealkylation sites (N-methyl/N-ethyl adjacent to an activating group) is 1. The summed E-state index contributed by atoms with van der Waals surface area (Å²) in [6, 6.07) is 1.44. The first-order valence-corrected chi connectivity index (χ1v) is 5.33. The number of carbonyl (C=O) groups is 1. The van der Waals surface area contributed by atoms with Crippen molar-refractivity contribution in [1.29, 1.82) is 0 Å². The lowest BCUT2D eigenvalue weighted by atomic mass is 10.0. The van der Waals surface area contributed by atoms with Crippen molar-refractivity contribution in [3.05, 3.63) is 0 Å². The molecule has 1 atom stereocenters. The minimum atomic E-state index is -0.732. The van der Waals surface area contributed by atoms with E-state index in [4.69, 9.17) is 5.11 Å². The smallest absolute Gasteiger partial charge is 0.317 e. The monoisotopic (exact) mass is 198 g/mol. The van der Waals surface area contributed by atoms with Crippen molar-refractivity contribution in [3.63, 3.8) is 0 Å². The van der Waals surface area contributed by atoms with Crippen molar-refractivity contribution in [2.45, 2.75) is 31.3 Å². The van der Waals surface area contributed by atoms with Crippen LogP contribution in [-0.4, -0.2) is 59.6 Å². The highest BCUT2D eigenvalue weighted by atomic mass is 16.4. The third kappa shape index (κ3) is 2.25. The molecule has 1 aliphatic carbocycles. The molecule has 1 saturated carbocycles. The number of nitrogens with zero attached hydrogens (tertiary/aromatic N) is 2. The first-order chi connectivity index (χ1) is 6.66. The molecule has 1 unspecified atom stereocenters. The molecule has 1 aliphatic heterocycles. The lowest BCUT2D eigenvalue weighted by molar-refractivity contribution is -0.138. The van der Waals surface area contributed by atoms with Gasteiger partial charge in [-0.1, -0.05) is 0 Å². The molecule has 0 aromatic carbocycles. The molecule has 0 radical (unpaired) electrons. The van der Waals surface area contributed by atoms with Gasteiger partial charge in [0.15, 0.2) is 0 Å². The fourth-order valence-electron chi connectivity index (χ4n) is 2.20. The minimum Gasteiger partial charge on any atom is -0.480 e. The summed E-state index contributed by atoms with van der Waals surface area (Å²) in [4.78, 5) is 14.9. The number of carboxylic acids is 1. The largest absolute Gasteiger partial charge is 0.480 e. The highest BCUT2D eigenvalue weighted by molar-refractivity contribution is 5.69. The average molecular weight is 198 g/mol. The Morgan fingerprint density at radius 3 is 2.64 bits per heavy atom. The molecule has 0 aromatic heterocycles. The molecule has 4 nitrogen and oxygen atoms in total. The fourth-order valence-corrected chi connectivity index (χ4v) is 2.20. The van der Waals surface area contributed by atoms with Crippen LogP contribution in [0.3, 0.4) is 0 Å². The third-order valence-electron chi connectivity index (χ3n) is 3.13. The van der Waals surface area contributed by atoms with Crippen LogP contribution in [0, 0.1) is 0 Å². The van der Waals surface area contributed by atoms with Crippen molar-refractivity contribution < 1.29 is 9.90 Å². The Kier molecular flexibility index (Phi) is 2.74. The van der Waals surface area contributed by atoms with Gasteiger partial charge in [0.2, 0.25) is 0 Å². The van der Waals surface area contributed by atoms with Crippen LogP contribution in [0.2, 0.25) is 0 Å². The van der Waals surface area contributed by atoms with E-state index in [-0.39, 0.29) is 6.54 Å². The van der Waals surface area contributed by atoms with Gasteiger partial charge in [0.25, 0.3) is 0 Å². The molecule has 14 heavy (non-hydrogen) atoms. The summed E-state index contributed by atoms with van der Waals surface area (Å²) in [7, 11) is 1.89. The number of likely N-dealkylation sites (tertiary alicyclic amines) is 1. The van der Waals surface area contributed by atoms with E-state index in [0.29, 0.717) is 6.04 Å². The van der Waals surface area contributed by atoms with E-state index in [1.165, 1.54) is 25.8 Å². The van der Waals surface area contributed by atoms with E-state index in [2.05, 4.69) is 4.90 Å². The maximum atomic E-state index is 10.5. The molecule has 1 N–H and O–H groups in total. The zero-order valence-corrected chi connectivity index (χ0v) is 8.65. The zero-order chi connectivity index (χ0) is 10.1. The van der Waals surface area contributed by atoms with Gasteiger partial charge in [-0.3, -0.25) is 14.6 Å². The topological polar surface area (TPSA) is 43.8 Å². The Morgan fingerprint density at radius 2 is 2.21 bits per heavy atom. The fraction of sp³-hybridized carbons (Fsp3) is 0.900. The Bertz CT molecular complexity index is 228. The molecular formula is C10H18N2O2. The highest BCUT2D eigenvalue weighted by Crippen LogP contribution is 2.34. The van der Waals surface area contributed by atoms with Crippen LogP contribution in [0.25, 0.3) is 0 Å². The standard InChI is InChI=1S/C10H18N2O2/c1-11(7-10(13)14)6-9-4-5-12(9)8-2-3-8/h8-9H,2-7H2,1H3,(H,13,14). The zero-order valence-electron chi connectivity index (χ0n) is 8.65. The lowest BCUT2D eigenvalue weighted by Gasteiger charge is -2.43. The van der Waals surface area contributed by atoms with E-state index in [1.54, 1.807) is 0 Å². The maximum absolute atomic E-state index is 10.5. The number of hydrogen-bond donors (Lipinski definition) is 1. The molecule has 2 rings (SSSR count). The number of hydrogen-bond acceptors (Lipinski definition) is 3. The Hall–Kier alpha value is -0.610. The number of rotatable bonds is 5. The summed E-state index contributed by atoms with van der Waals surface area (Å²) in [6.45, 7) is 2.29. The molecular weight excluding hydrogens is 180 g/mol. The molecule has 0 amide bonds. The normalized spacial score (nSPS) is 27.7. The van der Waals surface area contributed by atoms with E-state index in [1.807, 2.05) is 11.9 Å². The van der Waals surface area contributed by atoms with E-state index in [0.717, 1.165) is 12.6 Å². The Labute approximate surface area is 84.5 Å². The second-order valence-corrected chi connectivity index (χ2v) is 4.50. The molecule has 0 spiro atoms. The van der Waals surface area contributed by atoms with Crippen LogP contribution >= 0.6 is 0 Å². The molecule has 0 bridgehead atoms. The van der Waals surface area contributed by atoms with Crippen LogP contribution in [0.1, 0.15) is 19.3 Å². The first kappa shape index (κ1) is 9.93. The van der Waals surface area contributed by atoms with Crippen LogP contribution in [0.15, 0.2) is 0 Å². The number of aliphatic carboxylic acids is 1. The second-order valence-electron chi connectivity index (χ2n) is 4.50. The van der Waals surface area contributed by atoms with Gasteiger partial charge in [-0.2, -0.15) is 0 Å². The number of carboxylic acid groups (broad SMARTS) is 1. The Morgan fingerprint density at radius 1 is 1.50 bits per heavy atom. The predicted octanol–water partition coefficient (Wildman–Crippen LogP) is 0.240. The van der Waals surface area contributed by atoms with E-state index < -0.39 is 5.97 Å². The summed E-state index contributed by atoms with van der Waals surface area (Å²) >= 11 is 0. The molecule has 0 aromatic rings.